The molecular formula is C8H22N2O. The Bertz CT molecular complexity index is 73.9. The highest BCUT2D eigenvalue weighted by molar-refractivity contribution is 4.38. The Labute approximate surface area is 70.1 Å². The molecule has 0 radical (unpaired) electrons. The van der Waals surface area contributed by atoms with Crippen LogP contribution in [0.2, 0.25) is 0 Å². The predicted octanol–water partition coefficient (Wildman–Crippen LogP) is 0.645. The molecule has 0 saturated carbocycles. The van der Waals surface area contributed by atoms with Crippen LogP contribution in [-0.4, -0.2) is 42.7 Å². The van der Waals surface area contributed by atoms with Crippen molar-refractivity contribution in [3.8, 4) is 0 Å². The van der Waals surface area contributed by atoms with E-state index in [1.54, 1.807) is 0 Å². The molecule has 0 unspecified atom stereocenters. The molecule has 0 bridgehead atoms. The van der Waals surface area contributed by atoms with E-state index in [0.717, 1.165) is 13.1 Å². The third-order valence-electron chi connectivity index (χ3n) is 2.62. The average molecular weight is 162 g/mol. The molecule has 0 rings (SSSR count). The summed E-state index contributed by atoms with van der Waals surface area (Å²) in [4.78, 5) is 0. The summed E-state index contributed by atoms with van der Waals surface area (Å²) < 4.78 is 1.18. The fourth-order valence-corrected chi connectivity index (χ4v) is 1.42. The maximum absolute atomic E-state index is 5.53. The predicted molar refractivity (Wildman–Crippen MR) is 47.7 cm³/mol. The minimum atomic E-state index is 0. The summed E-state index contributed by atoms with van der Waals surface area (Å²) in [5, 5.41) is 0. The number of nitrogens with zero attached hydrogens (tertiary/aromatic N) is 1. The van der Waals surface area contributed by atoms with E-state index in [-0.39, 0.29) is 5.48 Å². The van der Waals surface area contributed by atoms with Crippen molar-refractivity contribution < 1.29 is 9.96 Å². The molecule has 0 aliphatic rings. The molecule has 0 aliphatic heterocycles. The maximum atomic E-state index is 5.53. The van der Waals surface area contributed by atoms with E-state index in [2.05, 4.69) is 20.8 Å². The standard InChI is InChI=1S/C8H21N2.H2O/c1-4-10(5-2,6-3)8-7-9;/h4-9H2,1-3H3;1H2/q+1;/p-1. The van der Waals surface area contributed by atoms with Crippen LogP contribution in [0.4, 0.5) is 0 Å². The van der Waals surface area contributed by atoms with Crippen molar-refractivity contribution in [1.82, 2.24) is 0 Å². The molecule has 11 heavy (non-hydrogen) atoms. The fraction of sp³-hybridized carbons (Fsp3) is 1.00. The Balaban J connectivity index is 0. The van der Waals surface area contributed by atoms with E-state index < -0.39 is 0 Å². The third-order valence-corrected chi connectivity index (χ3v) is 2.62. The van der Waals surface area contributed by atoms with Gasteiger partial charge >= 0.3 is 0 Å². The van der Waals surface area contributed by atoms with E-state index in [4.69, 9.17) is 5.73 Å². The molecule has 0 aromatic rings. The zero-order valence-corrected chi connectivity index (χ0v) is 8.01. The van der Waals surface area contributed by atoms with Crippen LogP contribution in [0.5, 0.6) is 0 Å². The van der Waals surface area contributed by atoms with E-state index in [0.29, 0.717) is 0 Å². The second-order valence-electron chi connectivity index (χ2n) is 2.80. The van der Waals surface area contributed by atoms with Crippen molar-refractivity contribution in [2.45, 2.75) is 20.8 Å². The van der Waals surface area contributed by atoms with Crippen LogP contribution in [0.25, 0.3) is 0 Å². The van der Waals surface area contributed by atoms with Crippen LogP contribution in [0, 0.1) is 0 Å². The fourth-order valence-electron chi connectivity index (χ4n) is 1.42. The van der Waals surface area contributed by atoms with Crippen LogP contribution >= 0.6 is 0 Å². The highest BCUT2D eigenvalue weighted by Gasteiger charge is 2.18. The summed E-state index contributed by atoms with van der Waals surface area (Å²) in [5.74, 6) is 0. The van der Waals surface area contributed by atoms with Crippen molar-refractivity contribution in [1.29, 1.82) is 0 Å². The quantitative estimate of drug-likeness (QED) is 0.603. The van der Waals surface area contributed by atoms with Gasteiger partial charge in [0.05, 0.1) is 26.2 Å². The van der Waals surface area contributed by atoms with Gasteiger partial charge in [-0.1, -0.05) is 0 Å². The second-order valence-corrected chi connectivity index (χ2v) is 2.80. The highest BCUT2D eigenvalue weighted by Crippen LogP contribution is 2.03. The lowest BCUT2D eigenvalue weighted by atomic mass is 10.3. The van der Waals surface area contributed by atoms with Crippen LogP contribution in [0.1, 0.15) is 20.8 Å². The highest BCUT2D eigenvalue weighted by atomic mass is 16.0. The Morgan fingerprint density at radius 3 is 1.45 bits per heavy atom. The summed E-state index contributed by atoms with van der Waals surface area (Å²) in [6.07, 6.45) is 0. The van der Waals surface area contributed by atoms with E-state index in [9.17, 15) is 0 Å². The van der Waals surface area contributed by atoms with Gasteiger partial charge in [0.25, 0.3) is 0 Å². The van der Waals surface area contributed by atoms with Crippen LogP contribution in [0.3, 0.4) is 0 Å². The molecule has 0 heterocycles. The number of nitrogens with two attached hydrogens (primary N) is 1. The van der Waals surface area contributed by atoms with Gasteiger partial charge in [0.15, 0.2) is 0 Å². The van der Waals surface area contributed by atoms with Crippen molar-refractivity contribution in [3.63, 3.8) is 0 Å². The van der Waals surface area contributed by atoms with Gasteiger partial charge in [0, 0.05) is 6.54 Å². The molecule has 0 aromatic heterocycles. The number of hydrogen-bond acceptors (Lipinski definition) is 2. The van der Waals surface area contributed by atoms with Crippen molar-refractivity contribution >= 4 is 0 Å². The largest absolute Gasteiger partial charge is 0.870 e. The first-order valence-corrected chi connectivity index (χ1v) is 4.29. The van der Waals surface area contributed by atoms with Crippen molar-refractivity contribution in [2.24, 2.45) is 5.73 Å². The number of hydrogen-bond donors (Lipinski definition) is 1. The molecule has 3 nitrogen and oxygen atoms in total. The summed E-state index contributed by atoms with van der Waals surface area (Å²) >= 11 is 0. The minimum absolute atomic E-state index is 0. The molecule has 0 spiro atoms. The maximum Gasteiger partial charge on any atom is 0.0911 e. The zero-order valence-electron chi connectivity index (χ0n) is 8.01. The second kappa shape index (κ2) is 6.58. The van der Waals surface area contributed by atoms with Gasteiger partial charge in [-0.3, -0.25) is 0 Å². The first-order valence-electron chi connectivity index (χ1n) is 4.29. The molecule has 0 amide bonds. The summed E-state index contributed by atoms with van der Waals surface area (Å²) in [5.41, 5.74) is 5.53. The minimum Gasteiger partial charge on any atom is -0.870 e. The van der Waals surface area contributed by atoms with E-state index >= 15 is 0 Å². The lowest BCUT2D eigenvalue weighted by Gasteiger charge is -2.35. The summed E-state index contributed by atoms with van der Waals surface area (Å²) in [6, 6.07) is 0. The molecule has 0 atom stereocenters. The molecule has 0 fully saturated rings. The van der Waals surface area contributed by atoms with Crippen LogP contribution < -0.4 is 5.73 Å². The van der Waals surface area contributed by atoms with Gasteiger partial charge in [-0.25, -0.2) is 0 Å². The Kier molecular flexibility index (Phi) is 8.06. The molecule has 3 heteroatoms. The van der Waals surface area contributed by atoms with Crippen LogP contribution in [0.15, 0.2) is 0 Å². The van der Waals surface area contributed by atoms with Gasteiger partial charge < -0.3 is 15.7 Å². The molecule has 0 aliphatic carbocycles. The van der Waals surface area contributed by atoms with E-state index in [1.165, 1.54) is 24.1 Å². The SMILES string of the molecule is CC[N+](CC)(CC)CCN.[OH-]. The van der Waals surface area contributed by atoms with Gasteiger partial charge in [-0.15, -0.1) is 0 Å². The van der Waals surface area contributed by atoms with Crippen molar-refractivity contribution in [2.75, 3.05) is 32.7 Å². The molecule has 0 aromatic carbocycles. The molecule has 70 valence electrons. The first kappa shape index (κ1) is 13.5. The van der Waals surface area contributed by atoms with Crippen molar-refractivity contribution in [3.05, 3.63) is 0 Å². The number of quaternary nitrogens is 1. The topological polar surface area (TPSA) is 56.0 Å². The Hall–Kier alpha value is -0.120. The summed E-state index contributed by atoms with van der Waals surface area (Å²) in [7, 11) is 0. The first-order chi connectivity index (χ1) is 4.74. The van der Waals surface area contributed by atoms with Gasteiger partial charge in [0.2, 0.25) is 0 Å². The van der Waals surface area contributed by atoms with Gasteiger partial charge in [-0.05, 0) is 20.8 Å². The van der Waals surface area contributed by atoms with E-state index in [1.807, 2.05) is 0 Å². The van der Waals surface area contributed by atoms with Gasteiger partial charge in [-0.2, -0.15) is 0 Å². The average Bonchev–Trinajstić information content (AvgIpc) is 2.01. The Morgan fingerprint density at radius 1 is 1.00 bits per heavy atom. The molecule has 0 saturated heterocycles. The van der Waals surface area contributed by atoms with Crippen LogP contribution in [-0.2, 0) is 0 Å². The van der Waals surface area contributed by atoms with Gasteiger partial charge in [0.1, 0.15) is 0 Å². The lowest BCUT2D eigenvalue weighted by Crippen LogP contribution is -2.50. The normalized spacial score (nSPS) is 10.9. The third kappa shape index (κ3) is 3.70. The number of likely N-dealkylation sites (N-methyl/N-ethyl adjacent to an activating group) is 1. The zero-order chi connectivity index (χ0) is 8.04. The monoisotopic (exact) mass is 162 g/mol. The lowest BCUT2D eigenvalue weighted by molar-refractivity contribution is -0.921. The summed E-state index contributed by atoms with van der Waals surface area (Å²) in [6.45, 7) is 12.3. The molecular weight excluding hydrogens is 140 g/mol. The molecule has 3 N–H and O–H groups in total. The smallest absolute Gasteiger partial charge is 0.0911 e. The Morgan fingerprint density at radius 2 is 1.36 bits per heavy atom. The number of rotatable bonds is 5.